The number of para-hydroxylation sites is 1. The summed E-state index contributed by atoms with van der Waals surface area (Å²) in [4.78, 5) is 5.19. The lowest BCUT2D eigenvalue weighted by Crippen LogP contribution is -2.33. The van der Waals surface area contributed by atoms with Crippen LogP contribution in [-0.2, 0) is 7.05 Å². The van der Waals surface area contributed by atoms with E-state index in [4.69, 9.17) is 4.98 Å². The summed E-state index contributed by atoms with van der Waals surface area (Å²) in [6.07, 6.45) is 2.26. The zero-order valence-corrected chi connectivity index (χ0v) is 19.9. The van der Waals surface area contributed by atoms with Gasteiger partial charge in [0.25, 0.3) is 5.82 Å². The van der Waals surface area contributed by atoms with Gasteiger partial charge in [-0.05, 0) is 50.1 Å². The van der Waals surface area contributed by atoms with Crippen LogP contribution in [0.4, 0.5) is 0 Å². The maximum atomic E-state index is 5.19. The largest absolute Gasteiger partial charge is 0.312 e. The van der Waals surface area contributed by atoms with Crippen molar-refractivity contribution in [2.24, 2.45) is 7.05 Å². The van der Waals surface area contributed by atoms with Gasteiger partial charge in [-0.2, -0.15) is 9.55 Å². The minimum absolute atomic E-state index is 0.956. The van der Waals surface area contributed by atoms with E-state index in [2.05, 4.69) is 108 Å². The molecule has 0 bridgehead atoms. The summed E-state index contributed by atoms with van der Waals surface area (Å²) in [5.41, 5.74) is 8.40. The molecule has 7 aromatic rings. The molecule has 0 aliphatic carbocycles. The average Bonchev–Trinajstić information content (AvgIpc) is 3.45. The molecule has 4 heterocycles. The van der Waals surface area contributed by atoms with Crippen molar-refractivity contribution in [3.8, 4) is 5.82 Å². The van der Waals surface area contributed by atoms with Gasteiger partial charge >= 0.3 is 5.78 Å². The van der Waals surface area contributed by atoms with Gasteiger partial charge in [0.15, 0.2) is 5.52 Å². The number of thiophene rings is 1. The number of fused-ring (bicyclic) bond motifs is 8. The lowest BCUT2D eigenvalue weighted by atomic mass is 10.1. The van der Waals surface area contributed by atoms with Crippen LogP contribution >= 0.6 is 11.3 Å². The second-order valence-corrected chi connectivity index (χ2v) is 10.1. The van der Waals surface area contributed by atoms with Crippen molar-refractivity contribution in [3.63, 3.8) is 0 Å². The molecule has 7 rings (SSSR count). The minimum atomic E-state index is 0.956. The molecule has 0 radical (unpaired) electrons. The van der Waals surface area contributed by atoms with Gasteiger partial charge in [0.05, 0.1) is 28.3 Å². The van der Waals surface area contributed by atoms with Crippen LogP contribution in [0.1, 0.15) is 16.7 Å². The molecule has 5 heteroatoms. The normalized spacial score (nSPS) is 12.2. The highest BCUT2D eigenvalue weighted by atomic mass is 32.1. The highest BCUT2D eigenvalue weighted by Crippen LogP contribution is 2.36. The Bertz CT molecular complexity index is 1920. The number of hydrogen-bond acceptors (Lipinski definition) is 2. The lowest BCUT2D eigenvalue weighted by molar-refractivity contribution is -0.664. The van der Waals surface area contributed by atoms with E-state index < -0.39 is 0 Å². The van der Waals surface area contributed by atoms with Gasteiger partial charge in [-0.15, -0.1) is 11.3 Å². The molecule has 0 spiro atoms. The Labute approximate surface area is 195 Å². The second-order valence-electron chi connectivity index (χ2n) is 9.02. The Morgan fingerprint density at radius 2 is 1.67 bits per heavy atom. The van der Waals surface area contributed by atoms with Crippen LogP contribution in [0.5, 0.6) is 0 Å². The predicted molar refractivity (Wildman–Crippen MR) is 138 cm³/mol. The summed E-state index contributed by atoms with van der Waals surface area (Å²) in [7, 11) is 2.14. The average molecular weight is 448 g/mol. The number of rotatable bonds is 1. The SMILES string of the molecule is Cc1ccc2c(c1C)n(-c1cc3c(c[n+]1C)sc1ccccc13)c1nc3c(C)cccc3n21. The van der Waals surface area contributed by atoms with Crippen LogP contribution in [0.15, 0.2) is 66.9 Å². The van der Waals surface area contributed by atoms with Crippen molar-refractivity contribution in [2.45, 2.75) is 20.8 Å². The van der Waals surface area contributed by atoms with Crippen LogP contribution in [0, 0.1) is 20.8 Å². The molecule has 0 amide bonds. The quantitative estimate of drug-likeness (QED) is 0.262. The number of imidazole rings is 2. The van der Waals surface area contributed by atoms with E-state index in [0.717, 1.165) is 22.6 Å². The fraction of sp³-hybridized carbons (Fsp3) is 0.143. The fourth-order valence-corrected chi connectivity index (χ4v) is 6.37. The Kier molecular flexibility index (Phi) is 3.67. The summed E-state index contributed by atoms with van der Waals surface area (Å²) in [5, 5.41) is 2.60. The summed E-state index contributed by atoms with van der Waals surface area (Å²) >= 11 is 1.85. The molecule has 0 aliphatic rings. The monoisotopic (exact) mass is 447 g/mol. The molecule has 0 saturated heterocycles. The Balaban J connectivity index is 1.71. The van der Waals surface area contributed by atoms with E-state index in [0.29, 0.717) is 0 Å². The number of aryl methyl sites for hydroxylation is 4. The lowest BCUT2D eigenvalue weighted by Gasteiger charge is -2.06. The number of benzene rings is 3. The topological polar surface area (TPSA) is 26.1 Å². The summed E-state index contributed by atoms with van der Waals surface area (Å²) in [5.74, 6) is 2.07. The molecule has 0 aliphatic heterocycles. The minimum Gasteiger partial charge on any atom is -0.254 e. The number of pyridine rings is 1. The van der Waals surface area contributed by atoms with Gasteiger partial charge in [-0.25, -0.2) is 4.57 Å². The third-order valence-electron chi connectivity index (χ3n) is 7.05. The van der Waals surface area contributed by atoms with Crippen LogP contribution in [-0.4, -0.2) is 14.0 Å². The molecule has 0 fully saturated rings. The van der Waals surface area contributed by atoms with Crippen LogP contribution in [0.2, 0.25) is 0 Å². The number of aromatic nitrogens is 4. The van der Waals surface area contributed by atoms with Gasteiger partial charge in [0.2, 0.25) is 0 Å². The van der Waals surface area contributed by atoms with E-state index in [1.807, 2.05) is 11.3 Å². The Hall–Kier alpha value is -3.70. The smallest absolute Gasteiger partial charge is 0.254 e. The summed E-state index contributed by atoms with van der Waals surface area (Å²) in [6.45, 7) is 6.55. The first kappa shape index (κ1) is 18.8. The van der Waals surface area contributed by atoms with Gasteiger partial charge < -0.3 is 0 Å². The Morgan fingerprint density at radius 3 is 2.55 bits per heavy atom. The third-order valence-corrected chi connectivity index (χ3v) is 8.17. The highest BCUT2D eigenvalue weighted by Gasteiger charge is 2.27. The van der Waals surface area contributed by atoms with E-state index in [-0.39, 0.29) is 0 Å². The molecule has 0 atom stereocenters. The van der Waals surface area contributed by atoms with Crippen molar-refractivity contribution in [1.29, 1.82) is 0 Å². The molecule has 4 nitrogen and oxygen atoms in total. The van der Waals surface area contributed by atoms with Crippen molar-refractivity contribution < 1.29 is 4.57 Å². The molecular formula is C28H23N4S+. The number of hydrogen-bond donors (Lipinski definition) is 0. The van der Waals surface area contributed by atoms with Gasteiger partial charge in [-0.3, -0.25) is 4.40 Å². The molecule has 0 unspecified atom stereocenters. The Morgan fingerprint density at radius 1 is 0.818 bits per heavy atom. The van der Waals surface area contributed by atoms with Crippen molar-refractivity contribution in [2.75, 3.05) is 0 Å². The van der Waals surface area contributed by atoms with Crippen LogP contribution in [0.3, 0.4) is 0 Å². The van der Waals surface area contributed by atoms with Gasteiger partial charge in [0.1, 0.15) is 6.20 Å². The maximum absolute atomic E-state index is 5.19. The van der Waals surface area contributed by atoms with E-state index >= 15 is 0 Å². The van der Waals surface area contributed by atoms with Crippen LogP contribution < -0.4 is 4.57 Å². The second kappa shape index (κ2) is 6.42. The van der Waals surface area contributed by atoms with Crippen molar-refractivity contribution in [1.82, 2.24) is 14.0 Å². The van der Waals surface area contributed by atoms with E-state index in [9.17, 15) is 0 Å². The van der Waals surface area contributed by atoms with E-state index in [1.165, 1.54) is 47.9 Å². The first-order chi connectivity index (χ1) is 16.0. The summed E-state index contributed by atoms with van der Waals surface area (Å²) < 4.78 is 9.53. The first-order valence-electron chi connectivity index (χ1n) is 11.2. The molecule has 160 valence electrons. The molecule has 0 N–H and O–H groups in total. The molecule has 0 saturated carbocycles. The molecule has 33 heavy (non-hydrogen) atoms. The molecule has 4 aromatic heterocycles. The van der Waals surface area contributed by atoms with Gasteiger partial charge in [0, 0.05) is 27.1 Å². The predicted octanol–water partition coefficient (Wildman–Crippen LogP) is 6.55. The first-order valence-corrected chi connectivity index (χ1v) is 12.0. The van der Waals surface area contributed by atoms with Crippen molar-refractivity contribution in [3.05, 3.63) is 83.6 Å². The molecular weight excluding hydrogens is 424 g/mol. The van der Waals surface area contributed by atoms with E-state index in [1.54, 1.807) is 0 Å². The van der Waals surface area contributed by atoms with Gasteiger partial charge in [-0.1, -0.05) is 36.4 Å². The number of nitrogens with zero attached hydrogens (tertiary/aromatic N) is 4. The zero-order valence-electron chi connectivity index (χ0n) is 19.0. The molecule has 3 aromatic carbocycles. The standard InChI is InChI=1S/C28H23N4S/c1-16-12-13-22-27(18(16)3)32(28-29-26-17(2)8-7-10-21(26)31(22)28)25-14-20-19-9-5-6-11-23(19)33-24(20)15-30(25)4/h5-15H,1-4H3/q+1. The van der Waals surface area contributed by atoms with Crippen molar-refractivity contribution >= 4 is 59.4 Å². The van der Waals surface area contributed by atoms with Crippen LogP contribution in [0.25, 0.3) is 53.8 Å². The fourth-order valence-electron chi connectivity index (χ4n) is 5.21. The third kappa shape index (κ3) is 2.40. The zero-order chi connectivity index (χ0) is 22.4. The highest BCUT2D eigenvalue weighted by molar-refractivity contribution is 7.25. The summed E-state index contributed by atoms with van der Waals surface area (Å²) in [6, 6.07) is 21.9. The maximum Gasteiger partial charge on any atom is 0.312 e.